The number of hydrogen-bond donors (Lipinski definition) is 1. The summed E-state index contributed by atoms with van der Waals surface area (Å²) >= 11 is 0. The second-order valence-corrected chi connectivity index (χ2v) is 4.42. The lowest BCUT2D eigenvalue weighted by atomic mass is 10.1. The molecule has 2 aromatic rings. The Balaban J connectivity index is 2.17. The van der Waals surface area contributed by atoms with E-state index in [0.29, 0.717) is 16.8 Å². The number of benzene rings is 2. The molecule has 0 aliphatic heterocycles. The van der Waals surface area contributed by atoms with Gasteiger partial charge in [-0.25, -0.2) is 0 Å². The van der Waals surface area contributed by atoms with Crippen LogP contribution in [0.4, 0.5) is 5.69 Å². The minimum atomic E-state index is -0.151. The van der Waals surface area contributed by atoms with Crippen molar-refractivity contribution in [1.29, 1.82) is 5.26 Å². The van der Waals surface area contributed by atoms with Crippen LogP contribution < -0.4 is 4.90 Å². The molecule has 0 heterocycles. The summed E-state index contributed by atoms with van der Waals surface area (Å²) in [4.78, 5) is 13.7. The van der Waals surface area contributed by atoms with Gasteiger partial charge >= 0.3 is 0 Å². The average Bonchev–Trinajstić information content (AvgIpc) is 2.48. The van der Waals surface area contributed by atoms with Crippen molar-refractivity contribution in [2.75, 3.05) is 11.9 Å². The number of hydrogen-bond acceptors (Lipinski definition) is 3. The molecule has 0 aliphatic carbocycles. The van der Waals surface area contributed by atoms with E-state index in [1.165, 1.54) is 4.90 Å². The highest BCUT2D eigenvalue weighted by Crippen LogP contribution is 2.19. The van der Waals surface area contributed by atoms with Gasteiger partial charge in [0, 0.05) is 18.3 Å². The molecule has 0 saturated carbocycles. The maximum atomic E-state index is 12.2. The van der Waals surface area contributed by atoms with Crippen molar-refractivity contribution in [1.82, 2.24) is 0 Å². The third-order valence-corrected chi connectivity index (χ3v) is 3.07. The summed E-state index contributed by atoms with van der Waals surface area (Å²) in [7, 11) is 1.65. The van der Waals surface area contributed by atoms with Gasteiger partial charge in [-0.15, -0.1) is 0 Å². The maximum Gasteiger partial charge on any atom is 0.231 e. The molecule has 1 N–H and O–H groups in total. The molecule has 0 aromatic heterocycles. The largest absolute Gasteiger partial charge is 0.508 e. The van der Waals surface area contributed by atoms with E-state index in [9.17, 15) is 9.90 Å². The lowest BCUT2D eigenvalue weighted by molar-refractivity contribution is -0.117. The van der Waals surface area contributed by atoms with Gasteiger partial charge in [-0.1, -0.05) is 24.3 Å². The fourth-order valence-corrected chi connectivity index (χ4v) is 1.87. The summed E-state index contributed by atoms with van der Waals surface area (Å²) < 4.78 is 0. The van der Waals surface area contributed by atoms with Crippen LogP contribution in [0.5, 0.6) is 5.75 Å². The molecule has 0 unspecified atom stereocenters. The van der Waals surface area contributed by atoms with Gasteiger partial charge in [-0.2, -0.15) is 5.26 Å². The first-order valence-corrected chi connectivity index (χ1v) is 6.15. The molecule has 0 atom stereocenters. The first-order valence-electron chi connectivity index (χ1n) is 6.15. The van der Waals surface area contributed by atoms with Crippen molar-refractivity contribution in [2.24, 2.45) is 0 Å². The van der Waals surface area contributed by atoms with Crippen molar-refractivity contribution < 1.29 is 9.90 Å². The van der Waals surface area contributed by atoms with Gasteiger partial charge in [0.2, 0.25) is 5.91 Å². The topological polar surface area (TPSA) is 64.3 Å². The summed E-state index contributed by atoms with van der Waals surface area (Å²) in [5, 5.41) is 18.5. The zero-order valence-electron chi connectivity index (χ0n) is 11.1. The van der Waals surface area contributed by atoms with E-state index in [4.69, 9.17) is 5.26 Å². The van der Waals surface area contributed by atoms with Crippen molar-refractivity contribution in [3.8, 4) is 11.8 Å². The molecule has 100 valence electrons. The molecule has 4 nitrogen and oxygen atoms in total. The summed E-state index contributed by atoms with van der Waals surface area (Å²) in [6.07, 6.45) is 0.111. The predicted octanol–water partition coefficient (Wildman–Crippen LogP) is 2.47. The molecule has 0 spiro atoms. The number of carbonyl (C=O) groups is 1. The highest BCUT2D eigenvalue weighted by atomic mass is 16.3. The van der Waals surface area contributed by atoms with Crippen molar-refractivity contribution in [3.05, 3.63) is 59.7 Å². The van der Waals surface area contributed by atoms with Crippen molar-refractivity contribution in [3.63, 3.8) is 0 Å². The van der Waals surface area contributed by atoms with E-state index < -0.39 is 0 Å². The zero-order chi connectivity index (χ0) is 14.5. The number of likely N-dealkylation sites (N-methyl/N-ethyl adjacent to an activating group) is 1. The summed E-state index contributed by atoms with van der Waals surface area (Å²) in [5.41, 5.74) is 1.75. The summed E-state index contributed by atoms with van der Waals surface area (Å²) in [5.74, 6) is -0.0402. The molecule has 0 radical (unpaired) electrons. The maximum absolute atomic E-state index is 12.2. The number of phenolic OH excluding ortho intramolecular Hbond substituents is 1. The second kappa shape index (κ2) is 5.89. The molecule has 2 rings (SSSR count). The van der Waals surface area contributed by atoms with Crippen LogP contribution in [0.2, 0.25) is 0 Å². The lowest BCUT2D eigenvalue weighted by Crippen LogP contribution is -2.27. The third kappa shape index (κ3) is 2.96. The van der Waals surface area contributed by atoms with E-state index in [0.717, 1.165) is 0 Å². The highest BCUT2D eigenvalue weighted by Gasteiger charge is 2.13. The van der Waals surface area contributed by atoms with E-state index in [-0.39, 0.29) is 18.1 Å². The third-order valence-electron chi connectivity index (χ3n) is 3.07. The molecule has 20 heavy (non-hydrogen) atoms. The van der Waals surface area contributed by atoms with Crippen LogP contribution in [-0.4, -0.2) is 18.1 Å². The number of anilines is 1. The van der Waals surface area contributed by atoms with Crippen LogP contribution >= 0.6 is 0 Å². The van der Waals surface area contributed by atoms with Gasteiger partial charge in [0.15, 0.2) is 0 Å². The van der Waals surface area contributed by atoms with Gasteiger partial charge in [-0.05, 0) is 24.3 Å². The Kier molecular flexibility index (Phi) is 4.02. The van der Waals surface area contributed by atoms with Crippen LogP contribution in [0.25, 0.3) is 0 Å². The summed E-state index contributed by atoms with van der Waals surface area (Å²) in [6, 6.07) is 15.6. The smallest absolute Gasteiger partial charge is 0.231 e. The molecular formula is C16H14N2O2. The number of amides is 1. The Morgan fingerprint density at radius 3 is 2.70 bits per heavy atom. The van der Waals surface area contributed by atoms with Gasteiger partial charge in [0.25, 0.3) is 0 Å². The van der Waals surface area contributed by atoms with Gasteiger partial charge in [0.1, 0.15) is 5.75 Å². The van der Waals surface area contributed by atoms with Gasteiger partial charge in [0.05, 0.1) is 18.1 Å². The minimum absolute atomic E-state index is 0.111. The summed E-state index contributed by atoms with van der Waals surface area (Å²) in [6.45, 7) is 0. The monoisotopic (exact) mass is 266 g/mol. The SMILES string of the molecule is CN(C(=O)Cc1ccccc1O)c1cccc(C#N)c1. The zero-order valence-corrected chi connectivity index (χ0v) is 11.1. The van der Waals surface area contributed by atoms with E-state index in [1.807, 2.05) is 6.07 Å². The number of aromatic hydroxyl groups is 1. The highest BCUT2D eigenvalue weighted by molar-refractivity contribution is 5.94. The van der Waals surface area contributed by atoms with Crippen LogP contribution in [0, 0.1) is 11.3 Å². The Morgan fingerprint density at radius 1 is 1.25 bits per heavy atom. The Morgan fingerprint density at radius 2 is 2.00 bits per heavy atom. The Labute approximate surface area is 117 Å². The van der Waals surface area contributed by atoms with Gasteiger partial charge in [-0.3, -0.25) is 4.79 Å². The quantitative estimate of drug-likeness (QED) is 0.928. The standard InChI is InChI=1S/C16H14N2O2/c1-18(14-7-4-5-12(9-14)11-17)16(20)10-13-6-2-3-8-15(13)19/h2-9,19H,10H2,1H3. The molecule has 4 heteroatoms. The van der Waals surface area contributed by atoms with Crippen LogP contribution in [0.3, 0.4) is 0 Å². The second-order valence-electron chi connectivity index (χ2n) is 4.42. The number of rotatable bonds is 3. The normalized spacial score (nSPS) is 9.80. The minimum Gasteiger partial charge on any atom is -0.508 e. The van der Waals surface area contributed by atoms with Crippen LogP contribution in [0.1, 0.15) is 11.1 Å². The molecule has 1 amide bonds. The molecule has 2 aromatic carbocycles. The number of para-hydroxylation sites is 1. The van der Waals surface area contributed by atoms with E-state index in [1.54, 1.807) is 55.6 Å². The molecule has 0 fully saturated rings. The molecular weight excluding hydrogens is 252 g/mol. The van der Waals surface area contributed by atoms with E-state index in [2.05, 4.69) is 0 Å². The van der Waals surface area contributed by atoms with Crippen molar-refractivity contribution in [2.45, 2.75) is 6.42 Å². The van der Waals surface area contributed by atoms with E-state index >= 15 is 0 Å². The van der Waals surface area contributed by atoms with Crippen LogP contribution in [0.15, 0.2) is 48.5 Å². The molecule has 0 bridgehead atoms. The number of nitriles is 1. The molecule has 0 saturated heterocycles. The first-order chi connectivity index (χ1) is 9.61. The Bertz CT molecular complexity index is 674. The van der Waals surface area contributed by atoms with Crippen molar-refractivity contribution >= 4 is 11.6 Å². The average molecular weight is 266 g/mol. The fourth-order valence-electron chi connectivity index (χ4n) is 1.87. The number of nitrogens with zero attached hydrogens (tertiary/aromatic N) is 2. The predicted molar refractivity (Wildman–Crippen MR) is 76.4 cm³/mol. The fraction of sp³-hybridized carbons (Fsp3) is 0.125. The number of carbonyl (C=O) groups excluding carboxylic acids is 1. The first kappa shape index (κ1) is 13.6. The lowest BCUT2D eigenvalue weighted by Gasteiger charge is -2.17. The Hall–Kier alpha value is -2.80. The van der Waals surface area contributed by atoms with Crippen LogP contribution in [-0.2, 0) is 11.2 Å². The van der Waals surface area contributed by atoms with Gasteiger partial charge < -0.3 is 10.0 Å². The number of phenols is 1. The molecule has 0 aliphatic rings.